The summed E-state index contributed by atoms with van der Waals surface area (Å²) >= 11 is 0. The number of hydrogen-bond donors (Lipinski definition) is 1. The molecule has 0 aliphatic carbocycles. The minimum atomic E-state index is -0.203. The maximum atomic E-state index is 12.6. The van der Waals surface area contributed by atoms with Crippen LogP contribution >= 0.6 is 0 Å². The Hall–Kier alpha value is -1.35. The highest BCUT2D eigenvalue weighted by Crippen LogP contribution is 2.36. The van der Waals surface area contributed by atoms with E-state index in [0.29, 0.717) is 6.42 Å². The summed E-state index contributed by atoms with van der Waals surface area (Å²) in [6, 6.07) is 7.08. The molecular weight excluding hydrogens is 262 g/mol. The third-order valence-corrected chi connectivity index (χ3v) is 4.91. The highest BCUT2D eigenvalue weighted by atomic mass is 16.3. The number of carbonyl (C=O) groups excluding carboxylic acids is 1. The van der Waals surface area contributed by atoms with E-state index in [2.05, 4.69) is 36.9 Å². The maximum absolute atomic E-state index is 12.6. The first-order valence-corrected chi connectivity index (χ1v) is 8.09. The van der Waals surface area contributed by atoms with E-state index >= 15 is 0 Å². The number of carbonyl (C=O) groups is 1. The summed E-state index contributed by atoms with van der Waals surface area (Å²) in [6.45, 7) is 4.20. The Labute approximate surface area is 127 Å². The van der Waals surface area contributed by atoms with Crippen LogP contribution in [0.3, 0.4) is 0 Å². The molecule has 1 amide bonds. The molecule has 2 aliphatic heterocycles. The number of rotatable bonds is 3. The van der Waals surface area contributed by atoms with Gasteiger partial charge in [0.05, 0.1) is 6.10 Å². The summed E-state index contributed by atoms with van der Waals surface area (Å²) in [7, 11) is 0. The van der Waals surface area contributed by atoms with Crippen LogP contribution in [-0.2, 0) is 11.2 Å². The first-order valence-electron chi connectivity index (χ1n) is 8.09. The minimum absolute atomic E-state index is 0.203. The van der Waals surface area contributed by atoms with Gasteiger partial charge in [-0.05, 0) is 51.5 Å². The SMILES string of the molecule is Cc1cc(C)cc(CCC(=O)N2[C@@H]3CC[C@H]2CC(O)C3)c1. The summed E-state index contributed by atoms with van der Waals surface area (Å²) in [6.07, 6.45) is 4.88. The molecule has 0 aromatic heterocycles. The first-order chi connectivity index (χ1) is 10.0. The molecule has 2 aliphatic rings. The zero-order chi connectivity index (χ0) is 15.0. The summed E-state index contributed by atoms with van der Waals surface area (Å²) in [4.78, 5) is 14.6. The molecule has 2 saturated heterocycles. The van der Waals surface area contributed by atoms with Crippen LogP contribution in [0.2, 0.25) is 0 Å². The maximum Gasteiger partial charge on any atom is 0.223 e. The second-order valence-electron chi connectivity index (χ2n) is 6.81. The predicted molar refractivity (Wildman–Crippen MR) is 83.1 cm³/mol. The van der Waals surface area contributed by atoms with E-state index in [0.717, 1.165) is 32.1 Å². The molecule has 1 N–H and O–H groups in total. The van der Waals surface area contributed by atoms with Crippen molar-refractivity contribution < 1.29 is 9.90 Å². The summed E-state index contributed by atoms with van der Waals surface area (Å²) in [5.74, 6) is 0.272. The van der Waals surface area contributed by atoms with E-state index < -0.39 is 0 Å². The monoisotopic (exact) mass is 287 g/mol. The molecule has 2 heterocycles. The Morgan fingerprint density at radius 3 is 2.29 bits per heavy atom. The predicted octanol–water partition coefficient (Wildman–Crippen LogP) is 2.75. The molecule has 1 unspecified atom stereocenters. The van der Waals surface area contributed by atoms with Crippen LogP contribution in [0, 0.1) is 13.8 Å². The molecule has 3 rings (SSSR count). The molecule has 0 spiro atoms. The van der Waals surface area contributed by atoms with Gasteiger partial charge in [-0.15, -0.1) is 0 Å². The van der Waals surface area contributed by atoms with Crippen molar-refractivity contribution in [3.05, 3.63) is 34.9 Å². The van der Waals surface area contributed by atoms with Crippen molar-refractivity contribution in [3.63, 3.8) is 0 Å². The van der Waals surface area contributed by atoms with Crippen molar-refractivity contribution in [2.24, 2.45) is 0 Å². The second kappa shape index (κ2) is 5.80. The van der Waals surface area contributed by atoms with Gasteiger partial charge in [-0.2, -0.15) is 0 Å². The average molecular weight is 287 g/mol. The molecule has 21 heavy (non-hydrogen) atoms. The fraction of sp³-hybridized carbons (Fsp3) is 0.611. The number of hydrogen-bond acceptors (Lipinski definition) is 2. The highest BCUT2D eigenvalue weighted by molar-refractivity contribution is 5.77. The van der Waals surface area contributed by atoms with Crippen LogP contribution in [0.15, 0.2) is 18.2 Å². The lowest BCUT2D eigenvalue weighted by atomic mass is 9.98. The topological polar surface area (TPSA) is 40.5 Å². The van der Waals surface area contributed by atoms with Gasteiger partial charge >= 0.3 is 0 Å². The zero-order valence-electron chi connectivity index (χ0n) is 13.0. The largest absolute Gasteiger partial charge is 0.393 e. The van der Waals surface area contributed by atoms with Crippen LogP contribution in [-0.4, -0.2) is 34.1 Å². The molecule has 2 fully saturated rings. The van der Waals surface area contributed by atoms with Crippen molar-refractivity contribution in [3.8, 4) is 0 Å². The Morgan fingerprint density at radius 2 is 1.71 bits per heavy atom. The Balaban J connectivity index is 1.62. The van der Waals surface area contributed by atoms with Gasteiger partial charge in [0.25, 0.3) is 0 Å². The van der Waals surface area contributed by atoms with Crippen LogP contribution in [0.4, 0.5) is 0 Å². The third-order valence-electron chi connectivity index (χ3n) is 4.91. The van der Waals surface area contributed by atoms with Crippen molar-refractivity contribution in [1.29, 1.82) is 0 Å². The summed E-state index contributed by atoms with van der Waals surface area (Å²) < 4.78 is 0. The number of amides is 1. The van der Waals surface area contributed by atoms with E-state index in [1.165, 1.54) is 16.7 Å². The zero-order valence-corrected chi connectivity index (χ0v) is 13.0. The molecule has 114 valence electrons. The number of piperidine rings is 1. The molecular formula is C18H25NO2. The number of aliphatic hydroxyl groups is 1. The van der Waals surface area contributed by atoms with E-state index in [-0.39, 0.29) is 24.1 Å². The second-order valence-corrected chi connectivity index (χ2v) is 6.81. The van der Waals surface area contributed by atoms with Gasteiger partial charge in [0.15, 0.2) is 0 Å². The fourth-order valence-corrected chi connectivity index (χ4v) is 4.15. The van der Waals surface area contributed by atoms with Crippen molar-refractivity contribution in [2.75, 3.05) is 0 Å². The van der Waals surface area contributed by atoms with Crippen LogP contribution in [0.5, 0.6) is 0 Å². The number of fused-ring (bicyclic) bond motifs is 2. The highest BCUT2D eigenvalue weighted by Gasteiger charge is 2.42. The molecule has 1 aromatic carbocycles. The molecule has 3 heteroatoms. The molecule has 3 nitrogen and oxygen atoms in total. The fourth-order valence-electron chi connectivity index (χ4n) is 4.15. The van der Waals surface area contributed by atoms with E-state index in [9.17, 15) is 9.90 Å². The van der Waals surface area contributed by atoms with E-state index in [1.54, 1.807) is 0 Å². The van der Waals surface area contributed by atoms with Crippen LogP contribution < -0.4 is 0 Å². The number of aliphatic hydroxyl groups excluding tert-OH is 1. The Bertz CT molecular complexity index is 506. The molecule has 3 atom stereocenters. The standard InChI is InChI=1S/C18H25NO2/c1-12-7-13(2)9-14(8-12)3-6-18(21)19-15-4-5-16(19)11-17(20)10-15/h7-9,15-17,20H,3-6,10-11H2,1-2H3/t15-,16+,17?. The number of aryl methyl sites for hydroxylation is 3. The quantitative estimate of drug-likeness (QED) is 0.928. The summed E-state index contributed by atoms with van der Waals surface area (Å²) in [5, 5.41) is 9.82. The smallest absolute Gasteiger partial charge is 0.223 e. The van der Waals surface area contributed by atoms with E-state index in [4.69, 9.17) is 0 Å². The Morgan fingerprint density at radius 1 is 1.14 bits per heavy atom. The first kappa shape index (κ1) is 14.6. The lowest BCUT2D eigenvalue weighted by Crippen LogP contribution is -2.48. The van der Waals surface area contributed by atoms with Gasteiger partial charge in [-0.1, -0.05) is 29.3 Å². The van der Waals surface area contributed by atoms with Gasteiger partial charge in [-0.3, -0.25) is 4.79 Å². The number of nitrogens with zero attached hydrogens (tertiary/aromatic N) is 1. The molecule has 1 aromatic rings. The van der Waals surface area contributed by atoms with Crippen molar-refractivity contribution >= 4 is 5.91 Å². The van der Waals surface area contributed by atoms with Crippen LogP contribution in [0.25, 0.3) is 0 Å². The summed E-state index contributed by atoms with van der Waals surface area (Å²) in [5.41, 5.74) is 3.78. The van der Waals surface area contributed by atoms with E-state index in [1.807, 2.05) is 0 Å². The lowest BCUT2D eigenvalue weighted by molar-refractivity contribution is -0.137. The Kier molecular flexibility index (Phi) is 4.03. The van der Waals surface area contributed by atoms with Crippen molar-refractivity contribution in [2.45, 2.75) is 70.6 Å². The number of benzene rings is 1. The van der Waals surface area contributed by atoms with Crippen molar-refractivity contribution in [1.82, 2.24) is 4.90 Å². The van der Waals surface area contributed by atoms with Gasteiger partial charge in [0, 0.05) is 18.5 Å². The molecule has 2 bridgehead atoms. The normalized spacial score (nSPS) is 28.0. The van der Waals surface area contributed by atoms with Gasteiger partial charge in [0.1, 0.15) is 0 Å². The lowest BCUT2D eigenvalue weighted by Gasteiger charge is -2.37. The van der Waals surface area contributed by atoms with Gasteiger partial charge in [0.2, 0.25) is 5.91 Å². The average Bonchev–Trinajstić information content (AvgIpc) is 2.67. The minimum Gasteiger partial charge on any atom is -0.393 e. The van der Waals surface area contributed by atoms with Gasteiger partial charge in [-0.25, -0.2) is 0 Å². The van der Waals surface area contributed by atoms with Gasteiger partial charge < -0.3 is 10.0 Å². The van der Waals surface area contributed by atoms with Crippen LogP contribution in [0.1, 0.15) is 48.8 Å². The molecule has 0 radical (unpaired) electrons. The third kappa shape index (κ3) is 3.13. The molecule has 0 saturated carbocycles.